The number of rotatable bonds is 3. The molecule has 0 saturated heterocycles. The first-order chi connectivity index (χ1) is 7.25. The Balaban J connectivity index is 1.88. The van der Waals surface area contributed by atoms with Crippen LogP contribution in [0.25, 0.3) is 0 Å². The fourth-order valence-electron chi connectivity index (χ4n) is 2.30. The number of halogens is 1. The molecule has 15 heavy (non-hydrogen) atoms. The van der Waals surface area contributed by atoms with Crippen LogP contribution in [-0.4, -0.2) is 21.0 Å². The van der Waals surface area contributed by atoms with Gasteiger partial charge in [-0.1, -0.05) is 30.9 Å². The van der Waals surface area contributed by atoms with Crippen LogP contribution >= 0.6 is 11.6 Å². The Labute approximate surface area is 95.0 Å². The zero-order valence-corrected chi connectivity index (χ0v) is 9.53. The maximum Gasteiger partial charge on any atom is 0.0785 e. The van der Waals surface area contributed by atoms with Crippen LogP contribution in [0, 0.1) is 5.92 Å². The fourth-order valence-corrected chi connectivity index (χ4v) is 2.45. The summed E-state index contributed by atoms with van der Waals surface area (Å²) < 4.78 is 1.72. The van der Waals surface area contributed by atoms with Crippen molar-refractivity contribution in [1.29, 1.82) is 0 Å². The van der Waals surface area contributed by atoms with Gasteiger partial charge in [0.25, 0.3) is 0 Å². The van der Waals surface area contributed by atoms with E-state index in [9.17, 15) is 5.11 Å². The second-order valence-corrected chi connectivity index (χ2v) is 4.78. The summed E-state index contributed by atoms with van der Waals surface area (Å²) in [5.74, 6) is 0.446. The number of aromatic nitrogens is 2. The first-order valence-electron chi connectivity index (χ1n) is 5.62. The van der Waals surface area contributed by atoms with E-state index in [4.69, 9.17) is 11.6 Å². The van der Waals surface area contributed by atoms with E-state index in [0.29, 0.717) is 17.5 Å². The third-order valence-corrected chi connectivity index (χ3v) is 3.37. The zero-order valence-electron chi connectivity index (χ0n) is 8.77. The normalized spacial score (nSPS) is 20.4. The highest BCUT2D eigenvalue weighted by molar-refractivity contribution is 6.30. The molecule has 4 heteroatoms. The summed E-state index contributed by atoms with van der Waals surface area (Å²) in [5, 5.41) is 14.7. The lowest BCUT2D eigenvalue weighted by Gasteiger charge is -2.26. The molecule has 0 radical (unpaired) electrons. The Kier molecular flexibility index (Phi) is 3.65. The van der Waals surface area contributed by atoms with Crippen LogP contribution in [0.4, 0.5) is 0 Å². The Bertz CT molecular complexity index is 307. The minimum Gasteiger partial charge on any atom is -0.391 e. The maximum atomic E-state index is 10.0. The first kappa shape index (κ1) is 11.0. The Hall–Kier alpha value is -0.540. The number of hydrogen-bond donors (Lipinski definition) is 1. The minimum atomic E-state index is -0.277. The van der Waals surface area contributed by atoms with E-state index in [0.717, 1.165) is 12.8 Å². The van der Waals surface area contributed by atoms with Gasteiger partial charge in [-0.25, -0.2) is 0 Å². The molecule has 0 aromatic carbocycles. The molecule has 1 aromatic rings. The van der Waals surface area contributed by atoms with Gasteiger partial charge >= 0.3 is 0 Å². The molecule has 1 aliphatic carbocycles. The van der Waals surface area contributed by atoms with Gasteiger partial charge in [-0.05, 0) is 18.8 Å². The molecule has 2 rings (SSSR count). The monoisotopic (exact) mass is 228 g/mol. The molecule has 0 aliphatic heterocycles. The predicted molar refractivity (Wildman–Crippen MR) is 59.8 cm³/mol. The second-order valence-electron chi connectivity index (χ2n) is 4.35. The molecule has 1 N–H and O–H groups in total. The zero-order chi connectivity index (χ0) is 10.7. The molecule has 0 bridgehead atoms. The van der Waals surface area contributed by atoms with E-state index in [1.807, 2.05) is 0 Å². The van der Waals surface area contributed by atoms with Crippen molar-refractivity contribution in [2.24, 2.45) is 5.92 Å². The van der Waals surface area contributed by atoms with Gasteiger partial charge in [0.15, 0.2) is 0 Å². The van der Waals surface area contributed by atoms with Crippen molar-refractivity contribution < 1.29 is 5.11 Å². The van der Waals surface area contributed by atoms with E-state index in [-0.39, 0.29) is 6.10 Å². The molecule has 3 nitrogen and oxygen atoms in total. The van der Waals surface area contributed by atoms with Crippen LogP contribution in [0.15, 0.2) is 12.4 Å². The SMILES string of the molecule is O[C@H](Cn1cc(Cl)cn1)C1CCCCC1. The Morgan fingerprint density at radius 1 is 1.47 bits per heavy atom. The molecule has 0 unspecified atom stereocenters. The highest BCUT2D eigenvalue weighted by Gasteiger charge is 2.21. The van der Waals surface area contributed by atoms with Crippen molar-refractivity contribution in [3.8, 4) is 0 Å². The van der Waals surface area contributed by atoms with Gasteiger partial charge in [-0.2, -0.15) is 5.10 Å². The topological polar surface area (TPSA) is 38.0 Å². The lowest BCUT2D eigenvalue weighted by Crippen LogP contribution is -2.27. The van der Waals surface area contributed by atoms with Gasteiger partial charge in [0.05, 0.1) is 23.9 Å². The largest absolute Gasteiger partial charge is 0.391 e. The molecule has 1 heterocycles. The fraction of sp³-hybridized carbons (Fsp3) is 0.727. The first-order valence-corrected chi connectivity index (χ1v) is 5.99. The van der Waals surface area contributed by atoms with Crippen LogP contribution in [0.2, 0.25) is 5.02 Å². The summed E-state index contributed by atoms with van der Waals surface area (Å²) in [7, 11) is 0. The summed E-state index contributed by atoms with van der Waals surface area (Å²) in [6.07, 6.45) is 9.20. The third-order valence-electron chi connectivity index (χ3n) is 3.17. The summed E-state index contributed by atoms with van der Waals surface area (Å²) in [5.41, 5.74) is 0. The van der Waals surface area contributed by atoms with Crippen LogP contribution in [0.1, 0.15) is 32.1 Å². The van der Waals surface area contributed by atoms with E-state index in [2.05, 4.69) is 5.10 Å². The summed E-state index contributed by atoms with van der Waals surface area (Å²) in [6, 6.07) is 0. The minimum absolute atomic E-state index is 0.277. The van der Waals surface area contributed by atoms with Gasteiger partial charge in [0, 0.05) is 6.20 Å². The smallest absolute Gasteiger partial charge is 0.0785 e. The van der Waals surface area contributed by atoms with Crippen molar-refractivity contribution >= 4 is 11.6 Å². The van der Waals surface area contributed by atoms with Crippen LogP contribution < -0.4 is 0 Å². The molecule has 0 amide bonds. The maximum absolute atomic E-state index is 10.0. The lowest BCUT2D eigenvalue weighted by atomic mass is 9.85. The summed E-state index contributed by atoms with van der Waals surface area (Å²) in [4.78, 5) is 0. The average Bonchev–Trinajstić information content (AvgIpc) is 2.65. The van der Waals surface area contributed by atoms with E-state index < -0.39 is 0 Å². The van der Waals surface area contributed by atoms with Gasteiger partial charge in [-0.3, -0.25) is 4.68 Å². The van der Waals surface area contributed by atoms with E-state index >= 15 is 0 Å². The number of nitrogens with zero attached hydrogens (tertiary/aromatic N) is 2. The van der Waals surface area contributed by atoms with E-state index in [1.54, 1.807) is 17.1 Å². The van der Waals surface area contributed by atoms with Crippen molar-refractivity contribution in [3.05, 3.63) is 17.4 Å². The van der Waals surface area contributed by atoms with Crippen LogP contribution in [0.5, 0.6) is 0 Å². The summed E-state index contributed by atoms with van der Waals surface area (Å²) >= 11 is 5.76. The molecule has 1 saturated carbocycles. The molecule has 1 aliphatic rings. The lowest BCUT2D eigenvalue weighted by molar-refractivity contribution is 0.0665. The number of hydrogen-bond acceptors (Lipinski definition) is 2. The van der Waals surface area contributed by atoms with Gasteiger partial charge in [-0.15, -0.1) is 0 Å². The highest BCUT2D eigenvalue weighted by Crippen LogP contribution is 2.27. The molecular formula is C11H17ClN2O. The molecule has 0 spiro atoms. The number of aliphatic hydroxyl groups is 1. The van der Waals surface area contributed by atoms with Crippen molar-refractivity contribution in [1.82, 2.24) is 9.78 Å². The Morgan fingerprint density at radius 3 is 2.80 bits per heavy atom. The van der Waals surface area contributed by atoms with Gasteiger partial charge < -0.3 is 5.11 Å². The number of aliphatic hydroxyl groups excluding tert-OH is 1. The van der Waals surface area contributed by atoms with E-state index in [1.165, 1.54) is 19.3 Å². The molecule has 84 valence electrons. The molecule has 1 atom stereocenters. The van der Waals surface area contributed by atoms with Crippen molar-refractivity contribution in [2.45, 2.75) is 44.8 Å². The third kappa shape index (κ3) is 2.95. The van der Waals surface area contributed by atoms with Crippen LogP contribution in [0.3, 0.4) is 0 Å². The molecule has 1 fully saturated rings. The van der Waals surface area contributed by atoms with Crippen molar-refractivity contribution in [2.75, 3.05) is 0 Å². The highest BCUT2D eigenvalue weighted by atomic mass is 35.5. The molecule has 1 aromatic heterocycles. The summed E-state index contributed by atoms with van der Waals surface area (Å²) in [6.45, 7) is 0.567. The molecular weight excluding hydrogens is 212 g/mol. The predicted octanol–water partition coefficient (Wildman–Crippen LogP) is 2.48. The van der Waals surface area contributed by atoms with Gasteiger partial charge in [0.2, 0.25) is 0 Å². The average molecular weight is 229 g/mol. The standard InChI is InChI=1S/C11H17ClN2O/c12-10-6-13-14(7-10)8-11(15)9-4-2-1-3-5-9/h6-7,9,11,15H,1-5,8H2/t11-/m1/s1. The second kappa shape index (κ2) is 4.99. The quantitative estimate of drug-likeness (QED) is 0.863. The van der Waals surface area contributed by atoms with Crippen molar-refractivity contribution in [3.63, 3.8) is 0 Å². The Morgan fingerprint density at radius 2 is 2.20 bits per heavy atom. The van der Waals surface area contributed by atoms with Gasteiger partial charge in [0.1, 0.15) is 0 Å². The van der Waals surface area contributed by atoms with Crippen LogP contribution in [-0.2, 0) is 6.54 Å².